The lowest BCUT2D eigenvalue weighted by Crippen LogP contribution is -2.47. The lowest BCUT2D eigenvalue weighted by Gasteiger charge is -2.39. The molecule has 1 aliphatic heterocycles. The summed E-state index contributed by atoms with van der Waals surface area (Å²) in [6.45, 7) is 6.48. The number of aryl methyl sites for hydroxylation is 2. The summed E-state index contributed by atoms with van der Waals surface area (Å²) in [4.78, 5) is 38.9. The fourth-order valence-electron chi connectivity index (χ4n) is 5.06. The van der Waals surface area contributed by atoms with E-state index in [0.717, 1.165) is 65.1 Å². The zero-order valence-corrected chi connectivity index (χ0v) is 20.9. The number of carbonyl (C=O) groups is 3. The molecule has 1 heterocycles. The molecule has 2 aromatic carbocycles. The second kappa shape index (κ2) is 10.4. The summed E-state index contributed by atoms with van der Waals surface area (Å²) in [5.74, 6) is 0.612. The SMILES string of the molecule is COc1cc(NC(=O)C2CCC(N3Cc4c(C)cc(CNC(C)=O)cc4NC3=O)CC2)ccc1C. The van der Waals surface area contributed by atoms with Gasteiger partial charge in [0.05, 0.1) is 13.7 Å². The van der Waals surface area contributed by atoms with E-state index in [4.69, 9.17) is 4.74 Å². The van der Waals surface area contributed by atoms with Crippen molar-refractivity contribution in [1.29, 1.82) is 0 Å². The van der Waals surface area contributed by atoms with E-state index >= 15 is 0 Å². The number of hydrogen-bond donors (Lipinski definition) is 3. The second-order valence-electron chi connectivity index (χ2n) is 9.59. The Morgan fingerprint density at radius 3 is 2.51 bits per heavy atom. The van der Waals surface area contributed by atoms with Crippen molar-refractivity contribution >= 4 is 29.2 Å². The van der Waals surface area contributed by atoms with Gasteiger partial charge in [-0.15, -0.1) is 0 Å². The summed E-state index contributed by atoms with van der Waals surface area (Å²) < 4.78 is 5.35. The molecule has 0 atom stereocenters. The molecule has 3 N–H and O–H groups in total. The molecule has 1 fully saturated rings. The molecule has 8 heteroatoms. The van der Waals surface area contributed by atoms with E-state index in [1.54, 1.807) is 7.11 Å². The van der Waals surface area contributed by atoms with E-state index in [0.29, 0.717) is 13.1 Å². The van der Waals surface area contributed by atoms with E-state index in [2.05, 4.69) is 22.0 Å². The maximum Gasteiger partial charge on any atom is 0.322 e. The molecule has 1 aliphatic carbocycles. The van der Waals surface area contributed by atoms with Crippen molar-refractivity contribution < 1.29 is 19.1 Å². The second-order valence-corrected chi connectivity index (χ2v) is 9.59. The summed E-state index contributed by atoms with van der Waals surface area (Å²) >= 11 is 0. The number of urea groups is 1. The van der Waals surface area contributed by atoms with Crippen molar-refractivity contribution in [2.45, 2.75) is 65.6 Å². The molecular weight excluding hydrogens is 444 g/mol. The standard InChI is InChI=1S/C27H34N4O4/c1-16-5-8-21(13-25(16)35-4)29-26(33)20-6-9-22(10-7-20)31-15-23-17(2)11-19(14-28-18(3)32)12-24(23)30-27(31)34/h5,8,11-13,20,22H,6-7,9-10,14-15H2,1-4H3,(H,28,32)(H,29,33)(H,30,34). The third-order valence-corrected chi connectivity index (χ3v) is 7.09. The Bertz CT molecular complexity index is 1140. The molecule has 0 spiro atoms. The number of fused-ring (bicyclic) bond motifs is 1. The lowest BCUT2D eigenvalue weighted by molar-refractivity contribution is -0.121. The molecule has 1 saturated carbocycles. The van der Waals surface area contributed by atoms with Crippen LogP contribution in [0.25, 0.3) is 0 Å². The van der Waals surface area contributed by atoms with Crippen LogP contribution < -0.4 is 20.7 Å². The van der Waals surface area contributed by atoms with Crippen LogP contribution in [0.5, 0.6) is 5.75 Å². The van der Waals surface area contributed by atoms with Crippen LogP contribution in [0.2, 0.25) is 0 Å². The van der Waals surface area contributed by atoms with Crippen LogP contribution >= 0.6 is 0 Å². The van der Waals surface area contributed by atoms with Gasteiger partial charge in [0.1, 0.15) is 5.75 Å². The number of nitrogens with one attached hydrogen (secondary N) is 3. The van der Waals surface area contributed by atoms with Crippen LogP contribution in [-0.4, -0.2) is 35.9 Å². The largest absolute Gasteiger partial charge is 0.496 e. The Labute approximate surface area is 206 Å². The van der Waals surface area contributed by atoms with Gasteiger partial charge in [-0.05, 0) is 73.9 Å². The number of rotatable bonds is 6. The molecule has 2 aliphatic rings. The van der Waals surface area contributed by atoms with E-state index < -0.39 is 0 Å². The molecule has 186 valence electrons. The van der Waals surface area contributed by atoms with Crippen molar-refractivity contribution in [3.8, 4) is 5.75 Å². The molecule has 2 aromatic rings. The molecule has 0 saturated heterocycles. The van der Waals surface area contributed by atoms with Gasteiger partial charge in [-0.1, -0.05) is 12.1 Å². The maximum absolute atomic E-state index is 12.9. The van der Waals surface area contributed by atoms with E-state index in [1.807, 2.05) is 43.0 Å². The average Bonchev–Trinajstić information content (AvgIpc) is 2.83. The zero-order valence-electron chi connectivity index (χ0n) is 20.9. The van der Waals surface area contributed by atoms with Gasteiger partial charge in [-0.3, -0.25) is 9.59 Å². The van der Waals surface area contributed by atoms with Crippen molar-refractivity contribution in [3.05, 3.63) is 52.6 Å². The molecule has 0 unspecified atom stereocenters. The molecule has 8 nitrogen and oxygen atoms in total. The van der Waals surface area contributed by atoms with Crippen LogP contribution in [0.15, 0.2) is 30.3 Å². The van der Waals surface area contributed by atoms with Crippen LogP contribution in [0.3, 0.4) is 0 Å². The third-order valence-electron chi connectivity index (χ3n) is 7.09. The zero-order chi connectivity index (χ0) is 25.1. The fourth-order valence-corrected chi connectivity index (χ4v) is 5.06. The summed E-state index contributed by atoms with van der Waals surface area (Å²) in [6.07, 6.45) is 3.06. The average molecular weight is 479 g/mol. The van der Waals surface area contributed by atoms with Gasteiger partial charge in [0.15, 0.2) is 0 Å². The highest BCUT2D eigenvalue weighted by Crippen LogP contribution is 2.34. The van der Waals surface area contributed by atoms with Crippen LogP contribution in [0.4, 0.5) is 16.2 Å². The van der Waals surface area contributed by atoms with Crippen molar-refractivity contribution in [2.75, 3.05) is 17.7 Å². The highest BCUT2D eigenvalue weighted by molar-refractivity contribution is 5.94. The summed E-state index contributed by atoms with van der Waals surface area (Å²) in [5, 5.41) is 8.87. The van der Waals surface area contributed by atoms with Gasteiger partial charge in [-0.2, -0.15) is 0 Å². The summed E-state index contributed by atoms with van der Waals surface area (Å²) in [6, 6.07) is 9.67. The van der Waals surface area contributed by atoms with Gasteiger partial charge in [0.25, 0.3) is 0 Å². The minimum atomic E-state index is -0.103. The number of ether oxygens (including phenoxy) is 1. The van der Waals surface area contributed by atoms with Crippen molar-refractivity contribution in [2.24, 2.45) is 5.92 Å². The van der Waals surface area contributed by atoms with Crippen LogP contribution in [-0.2, 0) is 22.7 Å². The highest BCUT2D eigenvalue weighted by atomic mass is 16.5. The lowest BCUT2D eigenvalue weighted by atomic mass is 9.84. The first-order chi connectivity index (χ1) is 16.7. The first kappa shape index (κ1) is 24.6. The third kappa shape index (κ3) is 5.58. The number of nitrogens with zero attached hydrogens (tertiary/aromatic N) is 1. The minimum Gasteiger partial charge on any atom is -0.496 e. The molecule has 4 rings (SSSR count). The molecule has 0 bridgehead atoms. The number of amides is 4. The van der Waals surface area contributed by atoms with Crippen LogP contribution in [0, 0.1) is 19.8 Å². The predicted octanol–water partition coefficient (Wildman–Crippen LogP) is 4.49. The Hall–Kier alpha value is -3.55. The molecular formula is C27H34N4O4. The van der Waals surface area contributed by atoms with Gasteiger partial charge in [0, 0.05) is 42.9 Å². The summed E-state index contributed by atoms with van der Waals surface area (Å²) in [7, 11) is 1.62. The van der Waals surface area contributed by atoms with E-state index in [-0.39, 0.29) is 29.8 Å². The number of hydrogen-bond acceptors (Lipinski definition) is 4. The number of carbonyl (C=O) groups excluding carboxylic acids is 3. The van der Waals surface area contributed by atoms with E-state index in [9.17, 15) is 14.4 Å². The Balaban J connectivity index is 1.36. The maximum atomic E-state index is 12.9. The topological polar surface area (TPSA) is 99.8 Å². The van der Waals surface area contributed by atoms with Gasteiger partial charge in [-0.25, -0.2) is 4.79 Å². The predicted molar refractivity (Wildman–Crippen MR) is 135 cm³/mol. The molecule has 0 aromatic heterocycles. The first-order valence-electron chi connectivity index (χ1n) is 12.1. The Morgan fingerprint density at radius 1 is 1.09 bits per heavy atom. The normalized spacial score (nSPS) is 19.4. The number of anilines is 2. The molecule has 0 radical (unpaired) electrons. The Kier molecular flexibility index (Phi) is 7.28. The monoisotopic (exact) mass is 478 g/mol. The smallest absolute Gasteiger partial charge is 0.322 e. The number of methoxy groups -OCH3 is 1. The van der Waals surface area contributed by atoms with Gasteiger partial charge in [0.2, 0.25) is 11.8 Å². The minimum absolute atomic E-state index is 0.0188. The van der Waals surface area contributed by atoms with Gasteiger partial charge >= 0.3 is 6.03 Å². The first-order valence-corrected chi connectivity index (χ1v) is 12.1. The number of benzene rings is 2. The van der Waals surface area contributed by atoms with Crippen molar-refractivity contribution in [3.63, 3.8) is 0 Å². The molecule has 35 heavy (non-hydrogen) atoms. The van der Waals surface area contributed by atoms with Crippen LogP contribution in [0.1, 0.15) is 54.9 Å². The van der Waals surface area contributed by atoms with E-state index in [1.165, 1.54) is 6.92 Å². The summed E-state index contributed by atoms with van der Waals surface area (Å²) in [5.41, 5.74) is 5.72. The quantitative estimate of drug-likeness (QED) is 0.569. The van der Waals surface area contributed by atoms with Gasteiger partial charge < -0.3 is 25.6 Å². The highest BCUT2D eigenvalue weighted by Gasteiger charge is 2.34. The Morgan fingerprint density at radius 2 is 1.83 bits per heavy atom. The molecule has 4 amide bonds. The van der Waals surface area contributed by atoms with Crippen molar-refractivity contribution in [1.82, 2.24) is 10.2 Å². The fraction of sp³-hybridized carbons (Fsp3) is 0.444.